The number of carbonyl (C=O) groups excluding carboxylic acids is 1. The van der Waals surface area contributed by atoms with Gasteiger partial charge in [-0.3, -0.25) is 9.52 Å². The number of carbonyl (C=O) groups is 1. The predicted octanol–water partition coefficient (Wildman–Crippen LogP) is 5.02. The number of anilines is 3. The average Bonchev–Trinajstić information content (AvgIpc) is 3.58. The van der Waals surface area contributed by atoms with Crippen LogP contribution < -0.4 is 10.0 Å². The van der Waals surface area contributed by atoms with E-state index in [9.17, 15) is 17.6 Å². The third-order valence-corrected chi connectivity index (χ3v) is 6.99. The van der Waals surface area contributed by atoms with Crippen LogP contribution in [0.2, 0.25) is 0 Å². The van der Waals surface area contributed by atoms with Gasteiger partial charge in [0, 0.05) is 17.4 Å². The van der Waals surface area contributed by atoms with Crippen LogP contribution in [0.5, 0.6) is 0 Å². The molecule has 10 nitrogen and oxygen atoms in total. The number of halogens is 2. The lowest BCUT2D eigenvalue weighted by atomic mass is 10.1. The van der Waals surface area contributed by atoms with E-state index in [0.717, 1.165) is 17.7 Å². The minimum absolute atomic E-state index is 0.204. The Morgan fingerprint density at radius 2 is 1.97 bits per heavy atom. The second-order valence-corrected chi connectivity index (χ2v) is 10.1. The van der Waals surface area contributed by atoms with Gasteiger partial charge in [0.25, 0.3) is 0 Å². The summed E-state index contributed by atoms with van der Waals surface area (Å²) in [5.41, 5.74) is 0.0355. The Morgan fingerprint density at radius 1 is 1.13 bits per heavy atom. The number of aromatic nitrogens is 4. The van der Waals surface area contributed by atoms with Crippen molar-refractivity contribution in [3.05, 3.63) is 84.3 Å². The van der Waals surface area contributed by atoms with Crippen molar-refractivity contribution in [1.29, 1.82) is 0 Å². The number of rotatable bonds is 9. The van der Waals surface area contributed by atoms with Gasteiger partial charge in [0.05, 0.1) is 28.6 Å². The highest BCUT2D eigenvalue weighted by atomic mass is 32.2. The van der Waals surface area contributed by atoms with E-state index in [1.165, 1.54) is 6.39 Å². The molecule has 0 aliphatic rings. The molecule has 5 aromatic rings. The number of nitrogens with zero attached hydrogens (tertiary/aromatic N) is 3. The molecule has 13 heteroatoms. The van der Waals surface area contributed by atoms with Gasteiger partial charge in [0.2, 0.25) is 21.6 Å². The number of aromatic amines is 1. The summed E-state index contributed by atoms with van der Waals surface area (Å²) in [4.78, 5) is 28.4. The molecule has 3 heterocycles. The summed E-state index contributed by atoms with van der Waals surface area (Å²) in [6.07, 6.45) is 4.73. The molecule has 0 saturated heterocycles. The number of hydrogen-bond donors (Lipinski definition) is 3. The number of nitrogens with one attached hydrogen (secondary N) is 3. The molecule has 0 radical (unpaired) electrons. The van der Waals surface area contributed by atoms with Crippen LogP contribution in [0.3, 0.4) is 0 Å². The molecule has 3 N–H and O–H groups in total. The lowest BCUT2D eigenvalue weighted by Gasteiger charge is -2.12. The molecule has 0 amide bonds. The van der Waals surface area contributed by atoms with Gasteiger partial charge in [-0.1, -0.05) is 19.1 Å². The van der Waals surface area contributed by atoms with Crippen molar-refractivity contribution in [3.8, 4) is 11.3 Å². The third kappa shape index (κ3) is 4.95. The van der Waals surface area contributed by atoms with Crippen molar-refractivity contribution in [2.75, 3.05) is 15.8 Å². The van der Waals surface area contributed by atoms with Gasteiger partial charge in [0.1, 0.15) is 17.3 Å². The number of sulfonamides is 1. The van der Waals surface area contributed by atoms with E-state index in [-0.39, 0.29) is 23.6 Å². The first kappa shape index (κ1) is 25.0. The van der Waals surface area contributed by atoms with E-state index in [1.54, 1.807) is 43.6 Å². The maximum atomic E-state index is 15.2. The van der Waals surface area contributed by atoms with Crippen LogP contribution in [-0.4, -0.2) is 39.9 Å². The van der Waals surface area contributed by atoms with Crippen LogP contribution in [0.15, 0.2) is 65.7 Å². The van der Waals surface area contributed by atoms with Gasteiger partial charge < -0.3 is 14.7 Å². The second kappa shape index (κ2) is 10.0. The molecule has 194 valence electrons. The molecule has 3 aromatic heterocycles. The Bertz CT molecular complexity index is 1750. The van der Waals surface area contributed by atoms with Crippen molar-refractivity contribution in [1.82, 2.24) is 19.9 Å². The Labute approximate surface area is 215 Å². The van der Waals surface area contributed by atoms with E-state index in [2.05, 4.69) is 30.0 Å². The quantitative estimate of drug-likeness (QED) is 0.222. The molecule has 0 aliphatic carbocycles. The number of H-pyrrole nitrogens is 1. The van der Waals surface area contributed by atoms with Gasteiger partial charge in [-0.25, -0.2) is 32.2 Å². The molecule has 0 bridgehead atoms. The number of oxazole rings is 1. The highest BCUT2D eigenvalue weighted by Crippen LogP contribution is 2.29. The van der Waals surface area contributed by atoms with Crippen LogP contribution in [0.4, 0.5) is 26.0 Å². The lowest BCUT2D eigenvalue weighted by Crippen LogP contribution is -2.19. The molecule has 0 fully saturated rings. The predicted molar refractivity (Wildman–Crippen MR) is 137 cm³/mol. The monoisotopic (exact) mass is 538 g/mol. The molecule has 0 aliphatic heterocycles. The summed E-state index contributed by atoms with van der Waals surface area (Å²) in [7, 11) is -3.89. The van der Waals surface area contributed by atoms with Crippen molar-refractivity contribution >= 4 is 44.0 Å². The molecule has 0 atom stereocenters. The molecular weight excluding hydrogens is 518 g/mol. The molecule has 2 aromatic carbocycles. The summed E-state index contributed by atoms with van der Waals surface area (Å²) < 4.78 is 61.6. The molecule has 38 heavy (non-hydrogen) atoms. The fraction of sp³-hybridized carbons (Fsp3) is 0.120. The second-order valence-electron chi connectivity index (χ2n) is 8.24. The maximum absolute atomic E-state index is 15.2. The highest BCUT2D eigenvalue weighted by molar-refractivity contribution is 7.92. The molecule has 0 saturated carbocycles. The number of hydrogen-bond acceptors (Lipinski definition) is 8. The molecule has 5 rings (SSSR count). The summed E-state index contributed by atoms with van der Waals surface area (Å²) in [6.45, 7) is 1.64. The molecule has 0 unspecified atom stereocenters. The SMILES string of the molecule is CCCS(=O)(=O)Nc1ccc(F)c(C(=O)c2nc(Nc3cccc(-c4cnco4)c3)c3cc[nH]c3n2)c1F. The van der Waals surface area contributed by atoms with Gasteiger partial charge in [-0.15, -0.1) is 0 Å². The summed E-state index contributed by atoms with van der Waals surface area (Å²) >= 11 is 0. The normalized spacial score (nSPS) is 11.6. The Kier molecular flexibility index (Phi) is 6.59. The Morgan fingerprint density at radius 3 is 2.74 bits per heavy atom. The van der Waals surface area contributed by atoms with Crippen molar-refractivity contribution < 1.29 is 26.4 Å². The topological polar surface area (TPSA) is 143 Å². The minimum Gasteiger partial charge on any atom is -0.444 e. The van der Waals surface area contributed by atoms with Crippen molar-refractivity contribution in [2.45, 2.75) is 13.3 Å². The zero-order valence-corrected chi connectivity index (χ0v) is 20.6. The van der Waals surface area contributed by atoms with Crippen molar-refractivity contribution in [2.24, 2.45) is 0 Å². The van der Waals surface area contributed by atoms with Gasteiger partial charge in [-0.05, 0) is 36.8 Å². The Hall–Kier alpha value is -4.65. The van der Waals surface area contributed by atoms with Crippen LogP contribution >= 0.6 is 0 Å². The zero-order valence-electron chi connectivity index (χ0n) is 19.8. The van der Waals surface area contributed by atoms with E-state index >= 15 is 4.39 Å². The number of fused-ring (bicyclic) bond motifs is 1. The van der Waals surface area contributed by atoms with Gasteiger partial charge in [0.15, 0.2) is 18.0 Å². The number of benzene rings is 2. The van der Waals surface area contributed by atoms with Crippen LogP contribution in [0, 0.1) is 11.6 Å². The highest BCUT2D eigenvalue weighted by Gasteiger charge is 2.26. The third-order valence-electron chi connectivity index (χ3n) is 5.52. The van der Waals surface area contributed by atoms with E-state index in [4.69, 9.17) is 4.42 Å². The maximum Gasteiger partial charge on any atom is 0.236 e. The van der Waals surface area contributed by atoms with Gasteiger partial charge >= 0.3 is 0 Å². The summed E-state index contributed by atoms with van der Waals surface area (Å²) in [6, 6.07) is 10.5. The fourth-order valence-electron chi connectivity index (χ4n) is 3.82. The van der Waals surface area contributed by atoms with Crippen molar-refractivity contribution in [3.63, 3.8) is 0 Å². The van der Waals surface area contributed by atoms with E-state index in [1.807, 2.05) is 6.07 Å². The van der Waals surface area contributed by atoms with Crippen LogP contribution in [-0.2, 0) is 10.0 Å². The summed E-state index contributed by atoms with van der Waals surface area (Å²) in [5.74, 6) is -3.73. The molecule has 0 spiro atoms. The zero-order chi connectivity index (χ0) is 26.9. The summed E-state index contributed by atoms with van der Waals surface area (Å²) in [5, 5.41) is 3.63. The largest absolute Gasteiger partial charge is 0.444 e. The average molecular weight is 539 g/mol. The number of ketones is 1. The molecular formula is C25H20F2N6O4S. The fourth-order valence-corrected chi connectivity index (χ4v) is 4.95. The minimum atomic E-state index is -3.89. The first-order valence-electron chi connectivity index (χ1n) is 11.4. The van der Waals surface area contributed by atoms with Crippen LogP contribution in [0.25, 0.3) is 22.4 Å². The van der Waals surface area contributed by atoms with E-state index in [0.29, 0.717) is 16.8 Å². The van der Waals surface area contributed by atoms with E-state index < -0.39 is 44.5 Å². The van der Waals surface area contributed by atoms with Gasteiger partial charge in [-0.2, -0.15) is 0 Å². The smallest absolute Gasteiger partial charge is 0.236 e. The Balaban J connectivity index is 1.53. The first-order valence-corrected chi connectivity index (χ1v) is 13.0. The lowest BCUT2D eigenvalue weighted by molar-refractivity contribution is 0.102. The standard InChI is InChI=1S/C25H20F2N6O4S/c1-2-10-38(35,36)33-18-7-6-17(26)20(21(18)27)22(34)25-31-23-16(8-9-29-23)24(32-25)30-15-5-3-4-14(11-15)19-12-28-13-37-19/h3-9,11-13,33H,2,10H2,1H3,(H2,29,30,31,32). The first-order chi connectivity index (χ1) is 18.3. The van der Waals surface area contributed by atoms with Crippen LogP contribution in [0.1, 0.15) is 29.5 Å².